The smallest absolute Gasteiger partial charge is 0.305 e. The first-order valence-corrected chi connectivity index (χ1v) is 8.40. The van der Waals surface area contributed by atoms with Gasteiger partial charge in [0, 0.05) is 13.0 Å². The van der Waals surface area contributed by atoms with Crippen molar-refractivity contribution in [2.45, 2.75) is 57.9 Å². The lowest BCUT2D eigenvalue weighted by Gasteiger charge is -2.21. The molecule has 1 aromatic carbocycles. The van der Waals surface area contributed by atoms with Crippen LogP contribution < -0.4 is 0 Å². The molecule has 0 saturated heterocycles. The first-order valence-electron chi connectivity index (χ1n) is 8.40. The maximum Gasteiger partial charge on any atom is 0.305 e. The minimum absolute atomic E-state index is 0.150. The van der Waals surface area contributed by atoms with Crippen LogP contribution in [0.1, 0.15) is 50.8 Å². The number of nitrogens with zero attached hydrogens (tertiary/aromatic N) is 2. The van der Waals surface area contributed by atoms with Gasteiger partial charge in [0.15, 0.2) is 0 Å². The Labute approximate surface area is 131 Å². The van der Waals surface area contributed by atoms with E-state index >= 15 is 0 Å². The number of benzene rings is 1. The van der Waals surface area contributed by atoms with Gasteiger partial charge in [-0.15, -0.1) is 0 Å². The summed E-state index contributed by atoms with van der Waals surface area (Å²) < 4.78 is 2.10. The second-order valence-electron chi connectivity index (χ2n) is 6.35. The van der Waals surface area contributed by atoms with Gasteiger partial charge in [-0.3, -0.25) is 4.79 Å². The van der Waals surface area contributed by atoms with Gasteiger partial charge in [-0.05, 0) is 24.5 Å². The van der Waals surface area contributed by atoms with Gasteiger partial charge in [-0.25, -0.2) is 4.98 Å². The van der Waals surface area contributed by atoms with Gasteiger partial charge in [0.1, 0.15) is 5.82 Å². The summed E-state index contributed by atoms with van der Waals surface area (Å²) in [6.07, 6.45) is 9.07. The zero-order valence-corrected chi connectivity index (χ0v) is 13.0. The van der Waals surface area contributed by atoms with Crippen LogP contribution in [-0.2, 0) is 17.8 Å². The van der Waals surface area contributed by atoms with E-state index in [0.29, 0.717) is 6.54 Å². The fourth-order valence-corrected chi connectivity index (χ4v) is 3.58. The predicted molar refractivity (Wildman–Crippen MR) is 86.9 cm³/mol. The molecule has 4 nitrogen and oxygen atoms in total. The number of fused-ring (bicyclic) bond motifs is 1. The summed E-state index contributed by atoms with van der Waals surface area (Å²) in [6.45, 7) is 0.510. The van der Waals surface area contributed by atoms with Crippen molar-refractivity contribution in [3.8, 4) is 0 Å². The highest BCUT2D eigenvalue weighted by Crippen LogP contribution is 2.28. The second kappa shape index (κ2) is 6.95. The minimum atomic E-state index is -0.754. The van der Waals surface area contributed by atoms with Crippen molar-refractivity contribution in [3.63, 3.8) is 0 Å². The maximum absolute atomic E-state index is 10.9. The van der Waals surface area contributed by atoms with Crippen LogP contribution in [0.25, 0.3) is 11.0 Å². The summed E-state index contributed by atoms with van der Waals surface area (Å²) in [5, 5.41) is 8.98. The van der Waals surface area contributed by atoms with E-state index in [1.807, 2.05) is 24.3 Å². The zero-order valence-electron chi connectivity index (χ0n) is 13.0. The van der Waals surface area contributed by atoms with Gasteiger partial charge in [-0.2, -0.15) is 0 Å². The van der Waals surface area contributed by atoms with Crippen molar-refractivity contribution in [2.75, 3.05) is 0 Å². The number of aliphatic carboxylic acids is 1. The Bertz CT molecular complexity index is 642. The van der Waals surface area contributed by atoms with Crippen LogP contribution in [0.4, 0.5) is 0 Å². The Morgan fingerprint density at radius 2 is 2.00 bits per heavy atom. The first kappa shape index (κ1) is 15.1. The molecule has 3 rings (SSSR count). The van der Waals surface area contributed by atoms with Crippen molar-refractivity contribution < 1.29 is 9.90 Å². The first-order chi connectivity index (χ1) is 10.7. The van der Waals surface area contributed by atoms with Crippen molar-refractivity contribution >= 4 is 17.0 Å². The fourth-order valence-electron chi connectivity index (χ4n) is 3.58. The van der Waals surface area contributed by atoms with Crippen molar-refractivity contribution in [1.29, 1.82) is 0 Å². The molecule has 0 atom stereocenters. The zero-order chi connectivity index (χ0) is 15.4. The molecule has 1 heterocycles. The van der Waals surface area contributed by atoms with E-state index < -0.39 is 5.97 Å². The highest BCUT2D eigenvalue weighted by molar-refractivity contribution is 5.76. The molecular weight excluding hydrogens is 276 g/mol. The van der Waals surface area contributed by atoms with E-state index in [9.17, 15) is 4.79 Å². The van der Waals surface area contributed by atoms with Crippen LogP contribution in [-0.4, -0.2) is 20.6 Å². The Kier molecular flexibility index (Phi) is 4.76. The number of aryl methyl sites for hydroxylation is 2. The van der Waals surface area contributed by atoms with Gasteiger partial charge in [0.05, 0.1) is 17.5 Å². The molecule has 1 N–H and O–H groups in total. The Balaban J connectivity index is 1.77. The monoisotopic (exact) mass is 300 g/mol. The minimum Gasteiger partial charge on any atom is -0.481 e. The van der Waals surface area contributed by atoms with Crippen LogP contribution in [0.5, 0.6) is 0 Å². The highest BCUT2D eigenvalue weighted by Gasteiger charge is 2.16. The summed E-state index contributed by atoms with van der Waals surface area (Å²) >= 11 is 0. The quantitative estimate of drug-likeness (QED) is 0.876. The topological polar surface area (TPSA) is 55.1 Å². The van der Waals surface area contributed by atoms with E-state index in [1.165, 1.54) is 38.5 Å². The van der Waals surface area contributed by atoms with Crippen molar-refractivity contribution in [2.24, 2.45) is 5.92 Å². The van der Waals surface area contributed by atoms with E-state index in [1.54, 1.807) is 0 Å². The molecule has 22 heavy (non-hydrogen) atoms. The number of carboxylic acid groups (broad SMARTS) is 1. The third kappa shape index (κ3) is 3.49. The van der Waals surface area contributed by atoms with Crippen LogP contribution in [0.2, 0.25) is 0 Å². The SMILES string of the molecule is O=C(O)CCn1c(CCC2CCCCC2)nc2ccccc21. The Morgan fingerprint density at radius 1 is 1.23 bits per heavy atom. The number of para-hydroxylation sites is 2. The van der Waals surface area contributed by atoms with Gasteiger partial charge < -0.3 is 9.67 Å². The second-order valence-corrected chi connectivity index (χ2v) is 6.35. The average molecular weight is 300 g/mol. The summed E-state index contributed by atoms with van der Waals surface area (Å²) in [4.78, 5) is 15.7. The van der Waals surface area contributed by atoms with E-state index in [2.05, 4.69) is 4.57 Å². The molecule has 2 aromatic rings. The van der Waals surface area contributed by atoms with E-state index in [4.69, 9.17) is 10.1 Å². The lowest BCUT2D eigenvalue weighted by atomic mass is 9.86. The summed E-state index contributed by atoms with van der Waals surface area (Å²) in [6, 6.07) is 8.03. The molecule has 0 aliphatic heterocycles. The normalized spacial score (nSPS) is 16.2. The van der Waals surface area contributed by atoms with Crippen molar-refractivity contribution in [1.82, 2.24) is 9.55 Å². The van der Waals surface area contributed by atoms with E-state index in [0.717, 1.165) is 29.2 Å². The Morgan fingerprint density at radius 3 is 2.77 bits per heavy atom. The molecule has 0 radical (unpaired) electrons. The molecule has 0 bridgehead atoms. The summed E-state index contributed by atoms with van der Waals surface area (Å²) in [7, 11) is 0. The number of hydrogen-bond donors (Lipinski definition) is 1. The number of aromatic nitrogens is 2. The number of imidazole rings is 1. The molecule has 4 heteroatoms. The molecule has 1 aliphatic carbocycles. The molecule has 118 valence electrons. The van der Waals surface area contributed by atoms with E-state index in [-0.39, 0.29) is 6.42 Å². The summed E-state index contributed by atoms with van der Waals surface area (Å²) in [5.74, 6) is 1.12. The van der Waals surface area contributed by atoms with Crippen LogP contribution in [0, 0.1) is 5.92 Å². The van der Waals surface area contributed by atoms with Crippen LogP contribution >= 0.6 is 0 Å². The molecule has 1 fully saturated rings. The number of carbonyl (C=O) groups is 1. The Hall–Kier alpha value is -1.84. The van der Waals surface area contributed by atoms with Crippen LogP contribution in [0.3, 0.4) is 0 Å². The van der Waals surface area contributed by atoms with Crippen molar-refractivity contribution in [3.05, 3.63) is 30.1 Å². The molecule has 0 unspecified atom stereocenters. The highest BCUT2D eigenvalue weighted by atomic mass is 16.4. The third-order valence-electron chi connectivity index (χ3n) is 4.78. The predicted octanol–water partition coefficient (Wildman–Crippen LogP) is 4.02. The standard InChI is InChI=1S/C18H24N2O2/c21-18(22)12-13-20-16-9-5-4-8-15(16)19-17(20)11-10-14-6-2-1-3-7-14/h4-5,8-9,14H,1-3,6-7,10-13H2,(H,21,22). The molecule has 1 aliphatic rings. The largest absolute Gasteiger partial charge is 0.481 e. The van der Waals surface area contributed by atoms with Gasteiger partial charge in [0.25, 0.3) is 0 Å². The van der Waals surface area contributed by atoms with Gasteiger partial charge >= 0.3 is 5.97 Å². The summed E-state index contributed by atoms with van der Waals surface area (Å²) in [5.41, 5.74) is 2.04. The average Bonchev–Trinajstić information content (AvgIpc) is 2.89. The number of rotatable bonds is 6. The molecule has 0 spiro atoms. The molecule has 1 aromatic heterocycles. The van der Waals surface area contributed by atoms with Gasteiger partial charge in [-0.1, -0.05) is 44.2 Å². The maximum atomic E-state index is 10.9. The fraction of sp³-hybridized carbons (Fsp3) is 0.556. The lowest BCUT2D eigenvalue weighted by molar-refractivity contribution is -0.137. The molecular formula is C18H24N2O2. The van der Waals surface area contributed by atoms with Crippen LogP contribution in [0.15, 0.2) is 24.3 Å². The third-order valence-corrected chi connectivity index (χ3v) is 4.78. The molecule has 0 amide bonds. The molecule has 1 saturated carbocycles. The number of hydrogen-bond acceptors (Lipinski definition) is 2. The lowest BCUT2D eigenvalue weighted by Crippen LogP contribution is -2.11. The van der Waals surface area contributed by atoms with Gasteiger partial charge in [0.2, 0.25) is 0 Å². The number of carboxylic acids is 1.